The number of halogens is 1. The van der Waals surface area contributed by atoms with Crippen molar-refractivity contribution in [3.63, 3.8) is 0 Å². The van der Waals surface area contributed by atoms with E-state index in [1.54, 1.807) is 41.1 Å². The van der Waals surface area contributed by atoms with Gasteiger partial charge in [-0.1, -0.05) is 17.7 Å². The molecule has 1 aromatic carbocycles. The normalized spacial score (nSPS) is 10.2. The summed E-state index contributed by atoms with van der Waals surface area (Å²) in [6.07, 6.45) is 3.23. The topological polar surface area (TPSA) is 76.1 Å². The van der Waals surface area contributed by atoms with E-state index in [2.05, 4.69) is 5.32 Å². The van der Waals surface area contributed by atoms with Crippen LogP contribution in [-0.2, 0) is 11.3 Å². The van der Waals surface area contributed by atoms with Gasteiger partial charge in [0.2, 0.25) is 6.54 Å². The zero-order chi connectivity index (χ0) is 15.4. The van der Waals surface area contributed by atoms with Gasteiger partial charge in [0.15, 0.2) is 12.4 Å². The molecule has 6 heteroatoms. The summed E-state index contributed by atoms with van der Waals surface area (Å²) in [5.41, 5.74) is 7.03. The maximum absolute atomic E-state index is 12.0. The summed E-state index contributed by atoms with van der Waals surface area (Å²) in [4.78, 5) is 23.1. The van der Waals surface area contributed by atoms with Crippen LogP contribution < -0.4 is 15.6 Å². The van der Waals surface area contributed by atoms with E-state index in [9.17, 15) is 9.59 Å². The monoisotopic (exact) mass is 304 g/mol. The summed E-state index contributed by atoms with van der Waals surface area (Å²) >= 11 is 6.01. The van der Waals surface area contributed by atoms with Gasteiger partial charge >= 0.3 is 0 Å². The quantitative estimate of drug-likeness (QED) is 0.843. The average Bonchev–Trinajstić information content (AvgIpc) is 2.44. The number of pyridine rings is 1. The predicted octanol–water partition coefficient (Wildman–Crippen LogP) is 1.67. The van der Waals surface area contributed by atoms with Gasteiger partial charge in [-0.3, -0.25) is 9.59 Å². The Labute approximate surface area is 127 Å². The van der Waals surface area contributed by atoms with E-state index in [0.717, 1.165) is 5.56 Å². The first kappa shape index (κ1) is 15.0. The van der Waals surface area contributed by atoms with Gasteiger partial charge < -0.3 is 11.1 Å². The molecule has 0 radical (unpaired) electrons. The van der Waals surface area contributed by atoms with Crippen LogP contribution in [0.2, 0.25) is 5.02 Å². The van der Waals surface area contributed by atoms with Crippen molar-refractivity contribution in [3.05, 3.63) is 58.9 Å². The second kappa shape index (κ2) is 6.37. The molecule has 0 spiro atoms. The zero-order valence-electron chi connectivity index (χ0n) is 11.5. The molecule has 2 amide bonds. The van der Waals surface area contributed by atoms with Gasteiger partial charge in [0.1, 0.15) is 5.56 Å². The third-order valence-corrected chi connectivity index (χ3v) is 3.42. The van der Waals surface area contributed by atoms with Crippen LogP contribution in [0.5, 0.6) is 0 Å². The van der Waals surface area contributed by atoms with Crippen molar-refractivity contribution in [3.8, 4) is 0 Å². The summed E-state index contributed by atoms with van der Waals surface area (Å²) < 4.78 is 1.59. The Morgan fingerprint density at radius 1 is 1.29 bits per heavy atom. The highest BCUT2D eigenvalue weighted by Crippen LogP contribution is 2.22. The number of hydrogen-bond donors (Lipinski definition) is 2. The standard InChI is InChI=1S/C15H14ClN3O2/c1-10-12(16)5-2-6-13(10)18-14(20)9-19-7-3-4-11(8-19)15(17)21/h2-8H,9H2,1H3,(H2-,17,18,20,21)/p+1. The van der Waals surface area contributed by atoms with Crippen LogP contribution in [0.3, 0.4) is 0 Å². The number of nitrogens with zero attached hydrogens (tertiary/aromatic N) is 1. The molecule has 3 N–H and O–H groups in total. The first-order valence-corrected chi connectivity index (χ1v) is 6.69. The van der Waals surface area contributed by atoms with Crippen molar-refractivity contribution in [2.45, 2.75) is 13.5 Å². The lowest BCUT2D eigenvalue weighted by Gasteiger charge is -2.08. The molecule has 21 heavy (non-hydrogen) atoms. The van der Waals surface area contributed by atoms with Gasteiger partial charge in [-0.2, -0.15) is 4.57 Å². The molecule has 1 heterocycles. The number of benzene rings is 1. The first-order valence-electron chi connectivity index (χ1n) is 6.31. The van der Waals surface area contributed by atoms with Crippen molar-refractivity contribution in [1.29, 1.82) is 0 Å². The molecule has 0 fully saturated rings. The summed E-state index contributed by atoms with van der Waals surface area (Å²) in [7, 11) is 0. The fraction of sp³-hybridized carbons (Fsp3) is 0.133. The predicted molar refractivity (Wildman–Crippen MR) is 80.0 cm³/mol. The number of nitrogens with one attached hydrogen (secondary N) is 1. The smallest absolute Gasteiger partial charge is 0.290 e. The second-order valence-corrected chi connectivity index (χ2v) is 5.00. The molecular weight excluding hydrogens is 290 g/mol. The van der Waals surface area contributed by atoms with Crippen LogP contribution in [0.25, 0.3) is 0 Å². The fourth-order valence-corrected chi connectivity index (χ4v) is 2.04. The Morgan fingerprint density at radius 3 is 2.76 bits per heavy atom. The largest absolute Gasteiger partial charge is 0.365 e. The summed E-state index contributed by atoms with van der Waals surface area (Å²) in [6, 6.07) is 8.57. The van der Waals surface area contributed by atoms with Crippen molar-refractivity contribution in [2.24, 2.45) is 5.73 Å². The third kappa shape index (κ3) is 3.79. The van der Waals surface area contributed by atoms with Gasteiger partial charge in [-0.05, 0) is 30.7 Å². The number of anilines is 1. The number of rotatable bonds is 4. The highest BCUT2D eigenvalue weighted by molar-refractivity contribution is 6.31. The molecular formula is C15H15ClN3O2+. The van der Waals surface area contributed by atoms with Crippen molar-refractivity contribution < 1.29 is 14.2 Å². The van der Waals surface area contributed by atoms with Crippen LogP contribution in [0.1, 0.15) is 15.9 Å². The highest BCUT2D eigenvalue weighted by atomic mass is 35.5. The van der Waals surface area contributed by atoms with E-state index in [4.69, 9.17) is 17.3 Å². The minimum atomic E-state index is -0.532. The number of aromatic nitrogens is 1. The average molecular weight is 305 g/mol. The lowest BCUT2D eigenvalue weighted by Crippen LogP contribution is -2.40. The molecule has 2 aromatic rings. The Hall–Kier alpha value is -2.40. The van der Waals surface area contributed by atoms with Crippen LogP contribution in [-0.4, -0.2) is 11.8 Å². The van der Waals surface area contributed by atoms with Gasteiger partial charge in [0, 0.05) is 16.8 Å². The molecule has 0 unspecified atom stereocenters. The Kier molecular flexibility index (Phi) is 4.55. The molecule has 0 saturated heterocycles. The van der Waals surface area contributed by atoms with Crippen molar-refractivity contribution in [1.82, 2.24) is 0 Å². The molecule has 0 bridgehead atoms. The first-order chi connectivity index (χ1) is 9.97. The minimum Gasteiger partial charge on any atom is -0.365 e. The molecule has 0 aliphatic rings. The molecule has 0 saturated carbocycles. The molecule has 0 aliphatic carbocycles. The van der Waals surface area contributed by atoms with Gasteiger partial charge in [-0.15, -0.1) is 0 Å². The molecule has 108 valence electrons. The maximum atomic E-state index is 12.0. The molecule has 0 aliphatic heterocycles. The Balaban J connectivity index is 2.10. The lowest BCUT2D eigenvalue weighted by atomic mass is 10.2. The summed E-state index contributed by atoms with van der Waals surface area (Å²) in [5, 5.41) is 3.38. The van der Waals surface area contributed by atoms with Crippen molar-refractivity contribution in [2.75, 3.05) is 5.32 Å². The number of carbonyl (C=O) groups excluding carboxylic acids is 2. The van der Waals surface area contributed by atoms with E-state index in [0.29, 0.717) is 16.3 Å². The summed E-state index contributed by atoms with van der Waals surface area (Å²) in [5.74, 6) is -0.748. The Bertz CT molecular complexity index is 701. The zero-order valence-corrected chi connectivity index (χ0v) is 12.2. The van der Waals surface area contributed by atoms with Crippen LogP contribution >= 0.6 is 11.6 Å². The van der Waals surface area contributed by atoms with Gasteiger partial charge in [0.25, 0.3) is 11.8 Å². The van der Waals surface area contributed by atoms with E-state index in [1.165, 1.54) is 6.20 Å². The van der Waals surface area contributed by atoms with E-state index < -0.39 is 5.91 Å². The van der Waals surface area contributed by atoms with Gasteiger partial charge in [-0.25, -0.2) is 0 Å². The molecule has 5 nitrogen and oxygen atoms in total. The van der Waals surface area contributed by atoms with Crippen LogP contribution in [0.15, 0.2) is 42.7 Å². The number of nitrogens with two attached hydrogens (primary N) is 1. The van der Waals surface area contributed by atoms with E-state index in [1.807, 2.05) is 6.92 Å². The Morgan fingerprint density at radius 2 is 2.05 bits per heavy atom. The maximum Gasteiger partial charge on any atom is 0.290 e. The number of primary amides is 1. The highest BCUT2D eigenvalue weighted by Gasteiger charge is 2.13. The minimum absolute atomic E-state index is 0.0765. The third-order valence-electron chi connectivity index (χ3n) is 3.01. The molecule has 1 aromatic heterocycles. The van der Waals surface area contributed by atoms with Crippen LogP contribution in [0, 0.1) is 6.92 Å². The van der Waals surface area contributed by atoms with E-state index in [-0.39, 0.29) is 12.5 Å². The van der Waals surface area contributed by atoms with Crippen LogP contribution in [0.4, 0.5) is 5.69 Å². The second-order valence-electron chi connectivity index (χ2n) is 4.59. The fourth-order valence-electron chi connectivity index (χ4n) is 1.86. The SMILES string of the molecule is Cc1c(Cl)cccc1NC(=O)C[n+]1cccc(C(N)=O)c1. The molecule has 0 atom stereocenters. The number of amides is 2. The number of hydrogen-bond acceptors (Lipinski definition) is 2. The van der Waals surface area contributed by atoms with Gasteiger partial charge in [0.05, 0.1) is 0 Å². The molecule has 2 rings (SSSR count). The number of carbonyl (C=O) groups is 2. The summed E-state index contributed by atoms with van der Waals surface area (Å²) in [6.45, 7) is 1.91. The van der Waals surface area contributed by atoms with E-state index >= 15 is 0 Å². The lowest BCUT2D eigenvalue weighted by molar-refractivity contribution is -0.684. The van der Waals surface area contributed by atoms with Crippen molar-refractivity contribution >= 4 is 29.1 Å².